The Bertz CT molecular complexity index is 1140. The van der Waals surface area contributed by atoms with Crippen LogP contribution < -0.4 is 4.74 Å². The standard InChI is InChI=1S/C23H21N3O2/c1-26-12-19(16-4-3-15-8-10-28-22(15)11-16)17-5-6-18(21-7-9-24-14-25-21)23(27-2)20(17)13-26/h3-11,14,19H,12-13H2,1-2H3. The minimum atomic E-state index is 0.261. The van der Waals surface area contributed by atoms with Crippen molar-refractivity contribution in [3.63, 3.8) is 0 Å². The van der Waals surface area contributed by atoms with Crippen molar-refractivity contribution in [3.8, 4) is 17.0 Å². The number of methoxy groups -OCH3 is 1. The molecule has 0 saturated heterocycles. The van der Waals surface area contributed by atoms with Gasteiger partial charge in [0.2, 0.25) is 0 Å². The van der Waals surface area contributed by atoms with Crippen molar-refractivity contribution >= 4 is 11.0 Å². The van der Waals surface area contributed by atoms with Crippen molar-refractivity contribution in [2.45, 2.75) is 12.5 Å². The van der Waals surface area contributed by atoms with Gasteiger partial charge in [-0.15, -0.1) is 0 Å². The number of furan rings is 1. The van der Waals surface area contributed by atoms with Crippen LogP contribution in [0.4, 0.5) is 0 Å². The summed E-state index contributed by atoms with van der Waals surface area (Å²) in [6, 6.07) is 14.7. The third-order valence-corrected chi connectivity index (χ3v) is 5.54. The molecule has 1 aliphatic rings. The van der Waals surface area contributed by atoms with Crippen molar-refractivity contribution in [2.75, 3.05) is 20.7 Å². The van der Waals surface area contributed by atoms with Gasteiger partial charge in [0.15, 0.2) is 0 Å². The van der Waals surface area contributed by atoms with Crippen molar-refractivity contribution in [1.82, 2.24) is 14.9 Å². The molecule has 28 heavy (non-hydrogen) atoms. The molecule has 5 nitrogen and oxygen atoms in total. The molecule has 5 heteroatoms. The van der Waals surface area contributed by atoms with Crippen LogP contribution in [0, 0.1) is 0 Å². The number of ether oxygens (including phenoxy) is 1. The van der Waals surface area contributed by atoms with E-state index in [2.05, 4.69) is 52.2 Å². The summed E-state index contributed by atoms with van der Waals surface area (Å²) < 4.78 is 11.5. The summed E-state index contributed by atoms with van der Waals surface area (Å²) in [7, 11) is 3.89. The smallest absolute Gasteiger partial charge is 0.134 e. The summed E-state index contributed by atoms with van der Waals surface area (Å²) in [5.74, 6) is 1.16. The lowest BCUT2D eigenvalue weighted by Crippen LogP contribution is -2.31. The summed E-state index contributed by atoms with van der Waals surface area (Å²) in [6.07, 6.45) is 5.07. The van der Waals surface area contributed by atoms with Gasteiger partial charge in [-0.3, -0.25) is 0 Å². The molecule has 1 aliphatic heterocycles. The normalized spacial score (nSPS) is 16.9. The molecule has 5 rings (SSSR count). The van der Waals surface area contributed by atoms with Gasteiger partial charge in [0.25, 0.3) is 0 Å². The molecule has 4 aromatic rings. The van der Waals surface area contributed by atoms with E-state index in [0.29, 0.717) is 0 Å². The van der Waals surface area contributed by atoms with Crippen molar-refractivity contribution in [2.24, 2.45) is 0 Å². The molecule has 0 bridgehead atoms. The summed E-state index contributed by atoms with van der Waals surface area (Å²) >= 11 is 0. The summed E-state index contributed by atoms with van der Waals surface area (Å²) in [5.41, 5.74) is 6.58. The number of nitrogens with zero attached hydrogens (tertiary/aromatic N) is 3. The number of aromatic nitrogens is 2. The summed E-state index contributed by atoms with van der Waals surface area (Å²) in [6.45, 7) is 1.80. The predicted octanol–water partition coefficient (Wildman–Crippen LogP) is 4.48. The van der Waals surface area contributed by atoms with Crippen LogP contribution in [0.15, 0.2) is 65.7 Å². The minimum absolute atomic E-state index is 0.261. The number of hydrogen-bond donors (Lipinski definition) is 0. The molecule has 0 spiro atoms. The number of rotatable bonds is 3. The third-order valence-electron chi connectivity index (χ3n) is 5.54. The first kappa shape index (κ1) is 17.0. The van der Waals surface area contributed by atoms with Crippen LogP contribution in [0.25, 0.3) is 22.2 Å². The fourth-order valence-corrected chi connectivity index (χ4v) is 4.24. The van der Waals surface area contributed by atoms with Crippen LogP contribution in [0.5, 0.6) is 5.75 Å². The Morgan fingerprint density at radius 3 is 2.89 bits per heavy atom. The second-order valence-corrected chi connectivity index (χ2v) is 7.28. The maximum Gasteiger partial charge on any atom is 0.134 e. The zero-order valence-corrected chi connectivity index (χ0v) is 15.9. The highest BCUT2D eigenvalue weighted by atomic mass is 16.5. The van der Waals surface area contributed by atoms with Crippen molar-refractivity contribution in [3.05, 3.63) is 77.9 Å². The lowest BCUT2D eigenvalue weighted by atomic mass is 9.83. The molecule has 0 radical (unpaired) electrons. The fraction of sp³-hybridized carbons (Fsp3) is 0.217. The first-order chi connectivity index (χ1) is 13.7. The van der Waals surface area contributed by atoms with Gasteiger partial charge in [0.1, 0.15) is 17.7 Å². The van der Waals surface area contributed by atoms with Crippen molar-refractivity contribution < 1.29 is 9.15 Å². The highest BCUT2D eigenvalue weighted by Gasteiger charge is 2.29. The summed E-state index contributed by atoms with van der Waals surface area (Å²) in [4.78, 5) is 10.8. The summed E-state index contributed by atoms with van der Waals surface area (Å²) in [5, 5.41) is 1.13. The number of hydrogen-bond acceptors (Lipinski definition) is 5. The molecular weight excluding hydrogens is 350 g/mol. The Labute approximate surface area is 163 Å². The molecule has 2 aromatic heterocycles. The number of fused-ring (bicyclic) bond motifs is 2. The number of benzene rings is 2. The van der Waals surface area contributed by atoms with E-state index in [4.69, 9.17) is 9.15 Å². The van der Waals surface area contributed by atoms with Gasteiger partial charge in [-0.25, -0.2) is 9.97 Å². The van der Waals surface area contributed by atoms with Gasteiger partial charge >= 0.3 is 0 Å². The Hall–Kier alpha value is -3.18. The average molecular weight is 371 g/mol. The quantitative estimate of drug-likeness (QED) is 0.532. The van der Waals surface area contributed by atoms with Crippen molar-refractivity contribution in [1.29, 1.82) is 0 Å². The third kappa shape index (κ3) is 2.75. The molecule has 2 aromatic carbocycles. The maximum absolute atomic E-state index is 5.88. The van der Waals surface area contributed by atoms with Crippen LogP contribution >= 0.6 is 0 Å². The Balaban J connectivity index is 1.66. The lowest BCUT2D eigenvalue weighted by molar-refractivity contribution is 0.286. The molecule has 0 amide bonds. The lowest BCUT2D eigenvalue weighted by Gasteiger charge is -2.34. The molecule has 0 aliphatic carbocycles. The van der Waals surface area contributed by atoms with E-state index in [1.54, 1.807) is 25.9 Å². The molecule has 3 heterocycles. The Kier molecular flexibility index (Phi) is 4.10. The molecule has 0 fully saturated rings. The van der Waals surface area contributed by atoms with E-state index in [9.17, 15) is 0 Å². The molecular formula is C23H21N3O2. The Morgan fingerprint density at radius 2 is 2.07 bits per heavy atom. The average Bonchev–Trinajstić information content (AvgIpc) is 3.20. The predicted molar refractivity (Wildman–Crippen MR) is 108 cm³/mol. The van der Waals surface area contributed by atoms with Crippen LogP contribution in [-0.4, -0.2) is 35.6 Å². The van der Waals surface area contributed by atoms with Crippen LogP contribution in [0.1, 0.15) is 22.6 Å². The van der Waals surface area contributed by atoms with Gasteiger partial charge in [-0.05, 0) is 42.4 Å². The van der Waals surface area contributed by atoms with Gasteiger partial charge in [0.05, 0.1) is 19.1 Å². The monoisotopic (exact) mass is 371 g/mol. The van der Waals surface area contributed by atoms with Gasteiger partial charge in [-0.2, -0.15) is 0 Å². The van der Waals surface area contributed by atoms with E-state index in [0.717, 1.165) is 41.1 Å². The zero-order chi connectivity index (χ0) is 19.1. The zero-order valence-electron chi connectivity index (χ0n) is 15.9. The van der Waals surface area contributed by atoms with Crippen LogP contribution in [0.3, 0.4) is 0 Å². The van der Waals surface area contributed by atoms with Crippen LogP contribution in [-0.2, 0) is 6.54 Å². The fourth-order valence-electron chi connectivity index (χ4n) is 4.24. The van der Waals surface area contributed by atoms with E-state index < -0.39 is 0 Å². The second kappa shape index (κ2) is 6.77. The first-order valence-corrected chi connectivity index (χ1v) is 9.36. The first-order valence-electron chi connectivity index (χ1n) is 9.36. The largest absolute Gasteiger partial charge is 0.496 e. The molecule has 140 valence electrons. The topological polar surface area (TPSA) is 51.4 Å². The van der Waals surface area contributed by atoms with Gasteiger partial charge in [-0.1, -0.05) is 18.2 Å². The minimum Gasteiger partial charge on any atom is -0.496 e. The van der Waals surface area contributed by atoms with Gasteiger partial charge in [0, 0.05) is 41.7 Å². The molecule has 0 saturated carbocycles. The Morgan fingerprint density at radius 1 is 1.14 bits per heavy atom. The molecule has 1 atom stereocenters. The van der Waals surface area contributed by atoms with Gasteiger partial charge < -0.3 is 14.1 Å². The van der Waals surface area contributed by atoms with E-state index in [-0.39, 0.29) is 5.92 Å². The van der Waals surface area contributed by atoms with Crippen LogP contribution in [0.2, 0.25) is 0 Å². The highest BCUT2D eigenvalue weighted by molar-refractivity contribution is 5.78. The molecule has 0 N–H and O–H groups in total. The maximum atomic E-state index is 5.88. The van der Waals surface area contributed by atoms with E-state index in [1.165, 1.54) is 16.7 Å². The SMILES string of the molecule is COc1c(-c2ccncn2)ccc2c1CN(C)CC2c1ccc2ccoc2c1. The number of likely N-dealkylation sites (N-methyl/N-ethyl adjacent to an activating group) is 1. The second-order valence-electron chi connectivity index (χ2n) is 7.28. The highest BCUT2D eigenvalue weighted by Crippen LogP contribution is 2.42. The molecule has 1 unspecified atom stereocenters. The van der Waals surface area contributed by atoms with E-state index >= 15 is 0 Å². The van der Waals surface area contributed by atoms with E-state index in [1.807, 2.05) is 12.1 Å².